The zero-order valence-electron chi connectivity index (χ0n) is 22.4. The molecule has 0 aliphatic rings. The second-order valence-electron chi connectivity index (χ2n) is 9.24. The number of hydrogen-bond acceptors (Lipinski definition) is 5. The van der Waals surface area contributed by atoms with Gasteiger partial charge in [0.2, 0.25) is 0 Å². The Kier molecular flexibility index (Phi) is 8.22. The number of nitrogens with one attached hydrogen (secondary N) is 2. The lowest BCUT2D eigenvalue weighted by Crippen LogP contribution is -2.18. The lowest BCUT2D eigenvalue weighted by molar-refractivity contribution is -0.137. The quantitative estimate of drug-likeness (QED) is 0.303. The van der Waals surface area contributed by atoms with Gasteiger partial charge in [0, 0.05) is 24.4 Å². The molecule has 40 heavy (non-hydrogen) atoms. The van der Waals surface area contributed by atoms with Crippen LogP contribution in [0.5, 0.6) is 5.75 Å². The van der Waals surface area contributed by atoms with Crippen LogP contribution in [0.3, 0.4) is 0 Å². The lowest BCUT2D eigenvalue weighted by atomic mass is 10.1. The largest absolute Gasteiger partial charge is 0.489 e. The van der Waals surface area contributed by atoms with Crippen molar-refractivity contribution in [2.45, 2.75) is 40.1 Å². The number of amides is 2. The van der Waals surface area contributed by atoms with Crippen LogP contribution in [0.4, 0.5) is 18.9 Å². The number of aromatic nitrogens is 3. The number of ether oxygens (including phenoxy) is 1. The fourth-order valence-electron chi connectivity index (χ4n) is 4.12. The van der Waals surface area contributed by atoms with E-state index in [0.717, 1.165) is 23.4 Å². The van der Waals surface area contributed by atoms with Crippen LogP contribution < -0.4 is 15.4 Å². The van der Waals surface area contributed by atoms with Crippen LogP contribution in [0.25, 0.3) is 0 Å². The van der Waals surface area contributed by atoms with Crippen molar-refractivity contribution < 1.29 is 27.5 Å². The first-order valence-electron chi connectivity index (χ1n) is 12.4. The molecule has 0 saturated carbocycles. The average Bonchev–Trinajstić information content (AvgIpc) is 3.18. The van der Waals surface area contributed by atoms with Crippen molar-refractivity contribution in [3.8, 4) is 5.75 Å². The molecule has 4 aromatic rings. The molecule has 2 N–H and O–H groups in total. The molecule has 0 aliphatic heterocycles. The number of pyridine rings is 1. The molecule has 0 aliphatic carbocycles. The number of benzene rings is 2. The number of nitrogens with zero attached hydrogens (tertiary/aromatic N) is 3. The van der Waals surface area contributed by atoms with Gasteiger partial charge in [-0.25, -0.2) is 0 Å². The van der Waals surface area contributed by atoms with E-state index in [-0.39, 0.29) is 18.4 Å². The van der Waals surface area contributed by atoms with E-state index in [2.05, 4.69) is 20.7 Å². The van der Waals surface area contributed by atoms with E-state index in [4.69, 9.17) is 4.74 Å². The Balaban J connectivity index is 1.40. The topological polar surface area (TPSA) is 98.1 Å². The van der Waals surface area contributed by atoms with Crippen molar-refractivity contribution in [3.05, 3.63) is 106 Å². The Labute approximate surface area is 229 Å². The maximum atomic E-state index is 13.0. The summed E-state index contributed by atoms with van der Waals surface area (Å²) >= 11 is 0. The van der Waals surface area contributed by atoms with Gasteiger partial charge >= 0.3 is 6.18 Å². The van der Waals surface area contributed by atoms with Crippen LogP contribution >= 0.6 is 0 Å². The molecule has 0 radical (unpaired) electrons. The van der Waals surface area contributed by atoms with E-state index in [9.17, 15) is 22.8 Å². The summed E-state index contributed by atoms with van der Waals surface area (Å²) in [6, 6.07) is 13.4. The molecule has 4 rings (SSSR count). The highest BCUT2D eigenvalue weighted by molar-refractivity contribution is 6.04. The Morgan fingerprint density at radius 2 is 1.68 bits per heavy atom. The first-order chi connectivity index (χ1) is 19.0. The minimum absolute atomic E-state index is 0.133. The fraction of sp³-hybridized carbons (Fsp3) is 0.241. The van der Waals surface area contributed by atoms with Crippen molar-refractivity contribution in [2.75, 3.05) is 12.4 Å². The highest BCUT2D eigenvalue weighted by atomic mass is 19.4. The predicted molar refractivity (Wildman–Crippen MR) is 143 cm³/mol. The van der Waals surface area contributed by atoms with E-state index in [1.807, 2.05) is 6.92 Å². The van der Waals surface area contributed by atoms with Crippen LogP contribution in [0.2, 0.25) is 0 Å². The third-order valence-corrected chi connectivity index (χ3v) is 6.35. The van der Waals surface area contributed by atoms with Crippen molar-refractivity contribution in [1.82, 2.24) is 20.1 Å². The number of hydrogen-bond donors (Lipinski definition) is 2. The summed E-state index contributed by atoms with van der Waals surface area (Å²) in [6.07, 6.45) is -2.85. The molecule has 2 amide bonds. The molecule has 0 fully saturated rings. The van der Waals surface area contributed by atoms with Crippen molar-refractivity contribution in [2.24, 2.45) is 0 Å². The zero-order valence-corrected chi connectivity index (χ0v) is 22.4. The van der Waals surface area contributed by atoms with E-state index >= 15 is 0 Å². The fourth-order valence-corrected chi connectivity index (χ4v) is 4.12. The van der Waals surface area contributed by atoms with E-state index in [1.54, 1.807) is 68.2 Å². The van der Waals surface area contributed by atoms with Crippen molar-refractivity contribution >= 4 is 17.5 Å². The number of anilines is 1. The molecule has 0 unspecified atom stereocenters. The second-order valence-corrected chi connectivity index (χ2v) is 9.24. The van der Waals surface area contributed by atoms with Gasteiger partial charge in [-0.3, -0.25) is 19.3 Å². The lowest BCUT2D eigenvalue weighted by Gasteiger charge is -2.13. The summed E-state index contributed by atoms with van der Waals surface area (Å²) in [5.41, 5.74) is 3.91. The molecule has 2 aromatic heterocycles. The van der Waals surface area contributed by atoms with E-state index in [1.165, 1.54) is 6.07 Å². The number of rotatable bonds is 8. The highest BCUT2D eigenvalue weighted by Crippen LogP contribution is 2.32. The third kappa shape index (κ3) is 6.48. The molecule has 2 heterocycles. The SMILES string of the molecule is CNC(=O)c1ccnc(Cn2nc(C)c(NC(=O)c3ccc(COc4ccc(C(F)(F)F)cc4C)cc3)c2C)c1. The number of aryl methyl sites for hydroxylation is 2. The smallest absolute Gasteiger partial charge is 0.416 e. The van der Waals surface area contributed by atoms with Gasteiger partial charge in [-0.1, -0.05) is 12.1 Å². The van der Waals surface area contributed by atoms with Crippen LogP contribution in [0.15, 0.2) is 60.8 Å². The molecule has 2 aromatic carbocycles. The van der Waals surface area contributed by atoms with Crippen LogP contribution in [0.1, 0.15) is 54.5 Å². The molecule has 0 spiro atoms. The third-order valence-electron chi connectivity index (χ3n) is 6.35. The Hall–Kier alpha value is -4.67. The monoisotopic (exact) mass is 551 g/mol. The van der Waals surface area contributed by atoms with Gasteiger partial charge in [0.1, 0.15) is 12.4 Å². The van der Waals surface area contributed by atoms with Gasteiger partial charge in [-0.15, -0.1) is 0 Å². The van der Waals surface area contributed by atoms with E-state index < -0.39 is 11.7 Å². The summed E-state index contributed by atoms with van der Waals surface area (Å²) in [6.45, 7) is 5.64. The number of halogens is 3. The van der Waals surface area contributed by atoms with Gasteiger partial charge in [0.15, 0.2) is 0 Å². The van der Waals surface area contributed by atoms with Crippen molar-refractivity contribution in [1.29, 1.82) is 0 Å². The van der Waals surface area contributed by atoms with Gasteiger partial charge in [0.05, 0.1) is 34.9 Å². The van der Waals surface area contributed by atoms with Gasteiger partial charge in [0.25, 0.3) is 11.8 Å². The molecule has 0 saturated heterocycles. The molecule has 11 heteroatoms. The normalized spacial score (nSPS) is 11.3. The Morgan fingerprint density at radius 1 is 0.950 bits per heavy atom. The average molecular weight is 552 g/mol. The molecular formula is C29H28F3N5O3. The Bertz CT molecular complexity index is 1550. The van der Waals surface area contributed by atoms with Gasteiger partial charge in [-0.2, -0.15) is 18.3 Å². The number of carbonyl (C=O) groups excluding carboxylic acids is 2. The number of alkyl halides is 3. The van der Waals surface area contributed by atoms with Gasteiger partial charge < -0.3 is 15.4 Å². The van der Waals surface area contributed by atoms with Gasteiger partial charge in [-0.05, 0) is 74.4 Å². The summed E-state index contributed by atoms with van der Waals surface area (Å²) < 4.78 is 46.0. The number of carbonyl (C=O) groups is 2. The minimum Gasteiger partial charge on any atom is -0.489 e. The first kappa shape index (κ1) is 28.3. The summed E-state index contributed by atoms with van der Waals surface area (Å²) in [4.78, 5) is 29.2. The maximum absolute atomic E-state index is 13.0. The predicted octanol–water partition coefficient (Wildman–Crippen LogP) is 5.46. The molecule has 0 atom stereocenters. The standard InChI is InChI=1S/C29H28F3N5O3/c1-17-13-23(29(30,31)32)9-10-25(17)40-16-20-5-7-21(8-6-20)28(39)35-26-18(2)36-37(19(26)3)15-24-14-22(11-12-34-24)27(38)33-4/h5-14H,15-16H2,1-4H3,(H,33,38)(H,35,39). The van der Waals surface area contributed by atoms with Crippen molar-refractivity contribution in [3.63, 3.8) is 0 Å². The molecule has 208 valence electrons. The zero-order chi connectivity index (χ0) is 29.0. The van der Waals surface area contributed by atoms with Crippen LogP contribution in [-0.2, 0) is 19.3 Å². The highest BCUT2D eigenvalue weighted by Gasteiger charge is 2.30. The maximum Gasteiger partial charge on any atom is 0.416 e. The van der Waals surface area contributed by atoms with E-state index in [0.29, 0.717) is 46.1 Å². The first-order valence-corrected chi connectivity index (χ1v) is 12.4. The molecule has 8 nitrogen and oxygen atoms in total. The summed E-state index contributed by atoms with van der Waals surface area (Å²) in [5, 5.41) is 10.0. The molecular weight excluding hydrogens is 523 g/mol. The summed E-state index contributed by atoms with van der Waals surface area (Å²) in [5.74, 6) is -0.179. The Morgan fingerprint density at radius 3 is 2.33 bits per heavy atom. The molecule has 0 bridgehead atoms. The van der Waals surface area contributed by atoms with Crippen LogP contribution in [-0.4, -0.2) is 33.6 Å². The minimum atomic E-state index is -4.41. The van der Waals surface area contributed by atoms with Crippen LogP contribution in [0, 0.1) is 20.8 Å². The second kappa shape index (κ2) is 11.6. The summed E-state index contributed by atoms with van der Waals surface area (Å²) in [7, 11) is 1.56.